The first-order chi connectivity index (χ1) is 9.22. The van der Waals surface area contributed by atoms with Crippen molar-refractivity contribution in [2.24, 2.45) is 0 Å². The normalized spacial score (nSPS) is 10.2. The predicted octanol–water partition coefficient (Wildman–Crippen LogP) is 2.43. The molecular formula is C15H16N2O2. The van der Waals surface area contributed by atoms with Crippen LogP contribution in [-0.2, 0) is 11.2 Å². The SMILES string of the molecule is CCOC(=O)c1cccc(Cc2ccccn2)c1N. The van der Waals surface area contributed by atoms with Crippen LogP contribution in [0.3, 0.4) is 0 Å². The number of carbonyl (C=O) groups excluding carboxylic acids is 1. The molecule has 0 atom stereocenters. The number of hydrogen-bond donors (Lipinski definition) is 1. The van der Waals surface area contributed by atoms with Crippen molar-refractivity contribution in [3.8, 4) is 0 Å². The molecule has 0 radical (unpaired) electrons. The van der Waals surface area contributed by atoms with Crippen molar-refractivity contribution in [3.63, 3.8) is 0 Å². The first-order valence-electron chi connectivity index (χ1n) is 6.16. The summed E-state index contributed by atoms with van der Waals surface area (Å²) in [5, 5.41) is 0. The molecule has 98 valence electrons. The Morgan fingerprint density at radius 2 is 2.11 bits per heavy atom. The molecule has 0 fully saturated rings. The van der Waals surface area contributed by atoms with Crippen molar-refractivity contribution >= 4 is 11.7 Å². The van der Waals surface area contributed by atoms with Crippen LogP contribution in [0.25, 0.3) is 0 Å². The molecule has 0 spiro atoms. The molecule has 0 saturated carbocycles. The summed E-state index contributed by atoms with van der Waals surface area (Å²) in [5.41, 5.74) is 8.70. The number of hydrogen-bond acceptors (Lipinski definition) is 4. The van der Waals surface area contributed by atoms with E-state index in [9.17, 15) is 4.79 Å². The van der Waals surface area contributed by atoms with Gasteiger partial charge in [-0.05, 0) is 30.7 Å². The highest BCUT2D eigenvalue weighted by Gasteiger charge is 2.13. The molecule has 4 heteroatoms. The molecule has 0 bridgehead atoms. The van der Waals surface area contributed by atoms with E-state index in [4.69, 9.17) is 10.5 Å². The minimum Gasteiger partial charge on any atom is -0.462 e. The molecule has 0 amide bonds. The van der Waals surface area contributed by atoms with Crippen LogP contribution in [0, 0.1) is 0 Å². The van der Waals surface area contributed by atoms with Crippen molar-refractivity contribution in [1.82, 2.24) is 4.98 Å². The third-order valence-corrected chi connectivity index (χ3v) is 2.79. The summed E-state index contributed by atoms with van der Waals surface area (Å²) in [5.74, 6) is -0.386. The predicted molar refractivity (Wildman–Crippen MR) is 73.9 cm³/mol. The van der Waals surface area contributed by atoms with E-state index < -0.39 is 0 Å². The van der Waals surface area contributed by atoms with Crippen molar-refractivity contribution < 1.29 is 9.53 Å². The largest absolute Gasteiger partial charge is 0.462 e. The second kappa shape index (κ2) is 6.00. The molecule has 2 rings (SSSR count). The van der Waals surface area contributed by atoms with E-state index in [1.165, 1.54) is 0 Å². The summed E-state index contributed by atoms with van der Waals surface area (Å²) in [7, 11) is 0. The van der Waals surface area contributed by atoms with Gasteiger partial charge in [0, 0.05) is 24.0 Å². The molecule has 0 unspecified atom stereocenters. The van der Waals surface area contributed by atoms with Gasteiger partial charge in [0.05, 0.1) is 12.2 Å². The van der Waals surface area contributed by atoms with Crippen LogP contribution in [0.2, 0.25) is 0 Å². The molecular weight excluding hydrogens is 240 g/mol. The second-order valence-corrected chi connectivity index (χ2v) is 4.10. The lowest BCUT2D eigenvalue weighted by Gasteiger charge is -2.10. The molecule has 0 saturated heterocycles. The van der Waals surface area contributed by atoms with Gasteiger partial charge in [-0.25, -0.2) is 4.79 Å². The van der Waals surface area contributed by atoms with Crippen molar-refractivity contribution in [2.75, 3.05) is 12.3 Å². The summed E-state index contributed by atoms with van der Waals surface area (Å²) >= 11 is 0. The molecule has 19 heavy (non-hydrogen) atoms. The van der Waals surface area contributed by atoms with Crippen LogP contribution in [0.4, 0.5) is 5.69 Å². The lowest BCUT2D eigenvalue weighted by Crippen LogP contribution is -2.10. The lowest BCUT2D eigenvalue weighted by molar-refractivity contribution is 0.0527. The van der Waals surface area contributed by atoms with Crippen molar-refractivity contribution in [2.45, 2.75) is 13.3 Å². The molecule has 2 aromatic rings. The Labute approximate surface area is 112 Å². The van der Waals surface area contributed by atoms with E-state index in [2.05, 4.69) is 4.98 Å². The number of nitrogens with zero attached hydrogens (tertiary/aromatic N) is 1. The zero-order valence-electron chi connectivity index (χ0n) is 10.8. The summed E-state index contributed by atoms with van der Waals surface area (Å²) in [6.45, 7) is 2.11. The molecule has 0 aliphatic rings. The average molecular weight is 256 g/mol. The number of nitrogens with two attached hydrogens (primary N) is 1. The second-order valence-electron chi connectivity index (χ2n) is 4.10. The van der Waals surface area contributed by atoms with E-state index in [0.717, 1.165) is 11.3 Å². The number of nitrogen functional groups attached to an aromatic ring is 1. The Kier molecular flexibility index (Phi) is 4.13. The number of benzene rings is 1. The van der Waals surface area contributed by atoms with Crippen LogP contribution in [0.1, 0.15) is 28.5 Å². The van der Waals surface area contributed by atoms with E-state index in [1.807, 2.05) is 24.3 Å². The molecule has 1 aromatic carbocycles. The minimum atomic E-state index is -0.386. The maximum absolute atomic E-state index is 11.8. The van der Waals surface area contributed by atoms with E-state index in [-0.39, 0.29) is 5.97 Å². The fourth-order valence-electron chi connectivity index (χ4n) is 1.85. The zero-order chi connectivity index (χ0) is 13.7. The highest BCUT2D eigenvalue weighted by atomic mass is 16.5. The number of aromatic nitrogens is 1. The van der Waals surface area contributed by atoms with Crippen LogP contribution in [0.5, 0.6) is 0 Å². The number of ether oxygens (including phenoxy) is 1. The fourth-order valence-corrected chi connectivity index (χ4v) is 1.85. The first kappa shape index (κ1) is 13.1. The maximum Gasteiger partial charge on any atom is 0.340 e. The Hall–Kier alpha value is -2.36. The molecule has 0 aliphatic carbocycles. The van der Waals surface area contributed by atoms with Gasteiger partial charge in [0.25, 0.3) is 0 Å². The third-order valence-electron chi connectivity index (χ3n) is 2.79. The highest BCUT2D eigenvalue weighted by Crippen LogP contribution is 2.20. The molecule has 0 aliphatic heterocycles. The van der Waals surface area contributed by atoms with Gasteiger partial charge >= 0.3 is 5.97 Å². The molecule has 2 N–H and O–H groups in total. The van der Waals surface area contributed by atoms with E-state index in [0.29, 0.717) is 24.3 Å². The topological polar surface area (TPSA) is 65.2 Å². The number of anilines is 1. The summed E-state index contributed by atoms with van der Waals surface area (Å²) in [6.07, 6.45) is 2.33. The number of carbonyl (C=O) groups is 1. The third kappa shape index (κ3) is 3.10. The van der Waals surface area contributed by atoms with Gasteiger partial charge in [-0.1, -0.05) is 18.2 Å². The average Bonchev–Trinajstić information content (AvgIpc) is 2.42. The number of pyridine rings is 1. The lowest BCUT2D eigenvalue weighted by atomic mass is 10.0. The monoisotopic (exact) mass is 256 g/mol. The van der Waals surface area contributed by atoms with Crippen LogP contribution in [0.15, 0.2) is 42.6 Å². The Balaban J connectivity index is 2.27. The van der Waals surface area contributed by atoms with Gasteiger partial charge in [-0.3, -0.25) is 4.98 Å². The Morgan fingerprint density at radius 3 is 2.79 bits per heavy atom. The van der Waals surface area contributed by atoms with Crippen LogP contribution < -0.4 is 5.73 Å². The van der Waals surface area contributed by atoms with Gasteiger partial charge < -0.3 is 10.5 Å². The quantitative estimate of drug-likeness (QED) is 0.674. The molecule has 4 nitrogen and oxygen atoms in total. The Bertz CT molecular complexity index is 568. The summed E-state index contributed by atoms with van der Waals surface area (Å²) < 4.78 is 4.98. The first-order valence-corrected chi connectivity index (χ1v) is 6.16. The standard InChI is InChI=1S/C15H16N2O2/c1-2-19-15(18)13-8-5-6-11(14(13)16)10-12-7-3-4-9-17-12/h3-9H,2,10,16H2,1H3. The highest BCUT2D eigenvalue weighted by molar-refractivity contribution is 5.95. The van der Waals surface area contributed by atoms with Crippen LogP contribution in [-0.4, -0.2) is 17.6 Å². The summed E-state index contributed by atoms with van der Waals surface area (Å²) in [6, 6.07) is 11.1. The van der Waals surface area contributed by atoms with Gasteiger partial charge in [0.1, 0.15) is 0 Å². The van der Waals surface area contributed by atoms with Crippen LogP contribution >= 0.6 is 0 Å². The molecule has 1 heterocycles. The van der Waals surface area contributed by atoms with Gasteiger partial charge in [-0.2, -0.15) is 0 Å². The van der Waals surface area contributed by atoms with Gasteiger partial charge in [0.2, 0.25) is 0 Å². The Morgan fingerprint density at radius 1 is 1.26 bits per heavy atom. The number of para-hydroxylation sites is 1. The fraction of sp³-hybridized carbons (Fsp3) is 0.200. The van der Waals surface area contributed by atoms with E-state index >= 15 is 0 Å². The number of esters is 1. The number of rotatable bonds is 4. The summed E-state index contributed by atoms with van der Waals surface area (Å²) in [4.78, 5) is 16.0. The van der Waals surface area contributed by atoms with Crippen molar-refractivity contribution in [1.29, 1.82) is 0 Å². The molecule has 1 aromatic heterocycles. The minimum absolute atomic E-state index is 0.336. The van der Waals surface area contributed by atoms with Gasteiger partial charge in [-0.15, -0.1) is 0 Å². The van der Waals surface area contributed by atoms with E-state index in [1.54, 1.807) is 25.3 Å². The van der Waals surface area contributed by atoms with Crippen molar-refractivity contribution in [3.05, 3.63) is 59.4 Å². The zero-order valence-corrected chi connectivity index (χ0v) is 10.8. The maximum atomic E-state index is 11.8. The van der Waals surface area contributed by atoms with Gasteiger partial charge in [0.15, 0.2) is 0 Å². The smallest absolute Gasteiger partial charge is 0.340 e.